The van der Waals surface area contributed by atoms with Crippen LogP contribution in [-0.4, -0.2) is 86.1 Å². The van der Waals surface area contributed by atoms with Gasteiger partial charge in [0, 0.05) is 58.3 Å². The quantitative estimate of drug-likeness (QED) is 0.153. The molecule has 3 N–H and O–H groups in total. The second-order valence-corrected chi connectivity index (χ2v) is 20.1. The highest BCUT2D eigenvalue weighted by atomic mass is 35.5. The average Bonchev–Trinajstić information content (AvgIpc) is 2.97. The number of rotatable bonds is 14. The Morgan fingerprint density at radius 1 is 1.16 bits per heavy atom. The van der Waals surface area contributed by atoms with Crippen molar-refractivity contribution in [3.63, 3.8) is 0 Å². The van der Waals surface area contributed by atoms with E-state index in [1.165, 1.54) is 19.3 Å². The number of nitrogens with zero attached hydrogens (tertiary/aromatic N) is 2. The lowest BCUT2D eigenvalue weighted by atomic mass is 9.74. The average molecular weight is 638 g/mol. The third-order valence-electron chi connectivity index (χ3n) is 9.23. The van der Waals surface area contributed by atoms with Crippen molar-refractivity contribution in [1.82, 2.24) is 15.1 Å². The third kappa shape index (κ3) is 11.6. The van der Waals surface area contributed by atoms with E-state index < -0.39 is 13.7 Å². The van der Waals surface area contributed by atoms with E-state index in [2.05, 4.69) is 25.0 Å². The molecular formula is C33H56ClN3O5Si. The van der Waals surface area contributed by atoms with Crippen LogP contribution in [0.15, 0.2) is 24.3 Å². The molecule has 3 amide bonds. The van der Waals surface area contributed by atoms with Gasteiger partial charge in [0.1, 0.15) is 0 Å². The Balaban J connectivity index is 1.69. The Kier molecular flexibility index (Phi) is 14.1. The van der Waals surface area contributed by atoms with E-state index in [9.17, 15) is 19.8 Å². The van der Waals surface area contributed by atoms with Gasteiger partial charge in [0.15, 0.2) is 0 Å². The molecule has 0 bridgehead atoms. The minimum absolute atomic E-state index is 0.0769. The van der Waals surface area contributed by atoms with Crippen LogP contribution in [0.3, 0.4) is 0 Å². The fourth-order valence-corrected chi connectivity index (χ4v) is 7.53. The van der Waals surface area contributed by atoms with Gasteiger partial charge in [0.25, 0.3) is 0 Å². The van der Waals surface area contributed by atoms with E-state index in [1.807, 2.05) is 23.1 Å². The first kappa shape index (κ1) is 35.7. The summed E-state index contributed by atoms with van der Waals surface area (Å²) in [7, 11) is 0.446. The van der Waals surface area contributed by atoms with E-state index in [1.54, 1.807) is 18.0 Å². The molecule has 1 aliphatic heterocycles. The number of piperidine rings is 1. The number of likely N-dealkylation sites (tertiary alicyclic amines) is 1. The smallest absolute Gasteiger partial charge is 0.409 e. The number of amides is 3. The number of likely N-dealkylation sites (N-methyl/N-ethyl adjacent to an activating group) is 1. The molecule has 2 fully saturated rings. The topological polar surface area (TPSA) is 102 Å². The maximum Gasteiger partial charge on any atom is 0.409 e. The summed E-state index contributed by atoms with van der Waals surface area (Å²) >= 11 is 6.32. The van der Waals surface area contributed by atoms with Gasteiger partial charge in [-0.2, -0.15) is 0 Å². The highest BCUT2D eigenvalue weighted by Gasteiger charge is 2.41. The van der Waals surface area contributed by atoms with Crippen LogP contribution in [0.25, 0.3) is 0 Å². The number of nitrogens with one attached hydrogen (secondary N) is 1. The van der Waals surface area contributed by atoms with Crippen molar-refractivity contribution < 1.29 is 24.5 Å². The lowest BCUT2D eigenvalue weighted by Crippen LogP contribution is -2.54. The van der Waals surface area contributed by atoms with Crippen LogP contribution in [0, 0.1) is 11.8 Å². The van der Waals surface area contributed by atoms with Crippen LogP contribution in [0.2, 0.25) is 30.7 Å². The molecule has 43 heavy (non-hydrogen) atoms. The number of hydrogen-bond acceptors (Lipinski definition) is 5. The first-order valence-corrected chi connectivity index (χ1v) is 20.5. The van der Waals surface area contributed by atoms with Crippen LogP contribution in [0.5, 0.6) is 0 Å². The summed E-state index contributed by atoms with van der Waals surface area (Å²) in [6.45, 7) is 8.74. The molecule has 244 valence electrons. The lowest BCUT2D eigenvalue weighted by molar-refractivity contribution is -0.0562. The van der Waals surface area contributed by atoms with Crippen molar-refractivity contribution in [2.24, 2.45) is 11.8 Å². The molecule has 1 saturated heterocycles. The zero-order valence-electron chi connectivity index (χ0n) is 27.0. The minimum atomic E-state index is -1.31. The summed E-state index contributed by atoms with van der Waals surface area (Å²) in [5.41, 5.74) is -0.393. The highest BCUT2D eigenvalue weighted by Crippen LogP contribution is 2.40. The molecule has 0 spiro atoms. The summed E-state index contributed by atoms with van der Waals surface area (Å²) in [4.78, 5) is 30.0. The van der Waals surface area contributed by atoms with Gasteiger partial charge in [0.2, 0.25) is 0 Å². The van der Waals surface area contributed by atoms with E-state index >= 15 is 0 Å². The summed E-state index contributed by atoms with van der Waals surface area (Å²) < 4.78 is 5.58. The van der Waals surface area contributed by atoms with Crippen LogP contribution in [-0.2, 0) is 10.3 Å². The molecule has 0 radical (unpaired) electrons. The zero-order chi connectivity index (χ0) is 31.5. The molecule has 1 aromatic rings. The summed E-state index contributed by atoms with van der Waals surface area (Å²) in [6.07, 6.45) is 9.86. The number of carbonyl (C=O) groups excluding carboxylic acids is 2. The molecule has 8 nitrogen and oxygen atoms in total. The lowest BCUT2D eigenvalue weighted by Gasteiger charge is -2.43. The molecule has 1 aliphatic carbocycles. The van der Waals surface area contributed by atoms with E-state index in [-0.39, 0.29) is 30.7 Å². The van der Waals surface area contributed by atoms with Crippen molar-refractivity contribution in [2.45, 2.75) is 108 Å². The molecule has 3 atom stereocenters. The highest BCUT2D eigenvalue weighted by molar-refractivity contribution is 6.76. The van der Waals surface area contributed by atoms with Gasteiger partial charge >= 0.3 is 12.1 Å². The van der Waals surface area contributed by atoms with Gasteiger partial charge in [0.05, 0.1) is 12.2 Å². The molecule has 1 unspecified atom stereocenters. The fraction of sp³-hybridized carbons (Fsp3) is 0.758. The van der Waals surface area contributed by atoms with Crippen LogP contribution in [0.4, 0.5) is 9.59 Å². The standard InChI is InChI=1S/C33H56ClN3O5Si/c1-36(32(40)42-20-21-43(2,3)4)25-30(22-26-12-6-5-7-13-26)35-31(39)37-18-11-15-28(24-37)33(41,17-8-9-19-38)27-14-10-16-29(34)23-27/h10,14,16,23,26,28,30,38,41H,5-9,11-13,15,17-22,24-25H2,1-4H3,(H,35,39)/t28-,30?,33-/m1/s1. The summed E-state index contributed by atoms with van der Waals surface area (Å²) in [5, 5.41) is 25.3. The number of ether oxygens (including phenoxy) is 1. The second-order valence-electron chi connectivity index (χ2n) is 14.1. The largest absolute Gasteiger partial charge is 0.450 e. The first-order chi connectivity index (χ1) is 20.4. The second kappa shape index (κ2) is 17.0. The third-order valence-corrected chi connectivity index (χ3v) is 11.2. The van der Waals surface area contributed by atoms with Crippen LogP contribution < -0.4 is 5.32 Å². The maximum atomic E-state index is 13.8. The monoisotopic (exact) mass is 637 g/mol. The van der Waals surface area contributed by atoms with Crippen molar-refractivity contribution >= 4 is 31.8 Å². The molecule has 1 saturated carbocycles. The predicted octanol–water partition coefficient (Wildman–Crippen LogP) is 6.86. The number of carbonyl (C=O) groups is 2. The number of aliphatic hydroxyl groups is 2. The Labute approximate surface area is 265 Å². The number of hydrogen-bond donors (Lipinski definition) is 3. The number of benzene rings is 1. The minimum Gasteiger partial charge on any atom is -0.450 e. The fourth-order valence-electron chi connectivity index (χ4n) is 6.63. The van der Waals surface area contributed by atoms with Gasteiger partial charge in [-0.25, -0.2) is 9.59 Å². The first-order valence-electron chi connectivity index (χ1n) is 16.4. The van der Waals surface area contributed by atoms with Gasteiger partial charge < -0.3 is 30.1 Å². The number of unbranched alkanes of at least 4 members (excludes halogenated alkanes) is 1. The molecule has 1 aromatic carbocycles. The predicted molar refractivity (Wildman–Crippen MR) is 176 cm³/mol. The normalized spacial score (nSPS) is 20.3. The molecular weight excluding hydrogens is 582 g/mol. The van der Waals surface area contributed by atoms with Gasteiger partial charge in [-0.3, -0.25) is 0 Å². The van der Waals surface area contributed by atoms with Crippen LogP contribution >= 0.6 is 11.6 Å². The van der Waals surface area contributed by atoms with Crippen molar-refractivity contribution in [2.75, 3.05) is 39.9 Å². The molecule has 1 heterocycles. The number of halogens is 1. The molecule has 2 aliphatic rings. The number of urea groups is 1. The number of aliphatic hydroxyl groups excluding tert-OH is 1. The summed E-state index contributed by atoms with van der Waals surface area (Å²) in [6, 6.07) is 7.97. The Morgan fingerprint density at radius 3 is 2.58 bits per heavy atom. The zero-order valence-corrected chi connectivity index (χ0v) is 28.7. The van der Waals surface area contributed by atoms with Gasteiger partial charge in [-0.05, 0) is 68.2 Å². The van der Waals surface area contributed by atoms with Crippen molar-refractivity contribution in [3.05, 3.63) is 34.9 Å². The Bertz CT molecular complexity index is 1020. The molecule has 3 rings (SSSR count). The SMILES string of the molecule is CN(CC(CC1CCCCC1)NC(=O)N1CCC[C@@H]([C@@](O)(CCCCO)c2cccc(Cl)c2)C1)C(=O)OCC[Si](C)(C)C. The van der Waals surface area contributed by atoms with Gasteiger partial charge in [-0.15, -0.1) is 0 Å². The molecule has 10 heteroatoms. The maximum absolute atomic E-state index is 13.8. The van der Waals surface area contributed by atoms with E-state index in [0.717, 1.165) is 43.7 Å². The van der Waals surface area contributed by atoms with Crippen molar-refractivity contribution in [1.29, 1.82) is 0 Å². The van der Waals surface area contributed by atoms with Crippen LogP contribution in [0.1, 0.15) is 76.2 Å². The van der Waals surface area contributed by atoms with E-state index in [4.69, 9.17) is 16.3 Å². The van der Waals surface area contributed by atoms with Crippen molar-refractivity contribution in [3.8, 4) is 0 Å². The van der Waals surface area contributed by atoms with Gasteiger partial charge in [-0.1, -0.05) is 75.5 Å². The Morgan fingerprint density at radius 2 is 1.91 bits per heavy atom. The summed E-state index contributed by atoms with van der Waals surface area (Å²) in [5.74, 6) is 0.369. The van der Waals surface area contributed by atoms with E-state index in [0.29, 0.717) is 56.4 Å². The molecule has 0 aromatic heterocycles. The Hall–Kier alpha value is -1.81.